The number of nitrogens with zero attached hydrogens (tertiary/aromatic N) is 2. The van der Waals surface area contributed by atoms with Crippen molar-refractivity contribution in [1.82, 2.24) is 9.97 Å². The van der Waals surface area contributed by atoms with E-state index in [-0.39, 0.29) is 11.4 Å². The fraction of sp³-hybridized carbons (Fsp3) is 0.200. The number of nitrogens with two attached hydrogens (primary N) is 3. The summed E-state index contributed by atoms with van der Waals surface area (Å²) in [7, 11) is 0. The normalized spacial score (nSPS) is 10.7. The average Bonchev–Trinajstić information content (AvgIpc) is 2.38. The molecule has 1 aromatic heterocycles. The van der Waals surface area contributed by atoms with Gasteiger partial charge in [0.25, 0.3) is 11.8 Å². The predicted octanol–water partition coefficient (Wildman–Crippen LogP) is -2.45. The third kappa shape index (κ3) is 7.17. The van der Waals surface area contributed by atoms with Gasteiger partial charge in [0.2, 0.25) is 0 Å². The zero-order chi connectivity index (χ0) is 16.6. The number of amides is 2. The molecular weight excluding hydrogens is 286 g/mol. The summed E-state index contributed by atoms with van der Waals surface area (Å²) in [5, 5.41) is 16.0. The number of rotatable bonds is 5. The highest BCUT2D eigenvalue weighted by atomic mass is 16.4. The molecule has 0 aliphatic heterocycles. The molecule has 1 aromatic rings. The van der Waals surface area contributed by atoms with Crippen molar-refractivity contribution < 1.29 is 29.4 Å². The van der Waals surface area contributed by atoms with Crippen molar-refractivity contribution in [3.05, 3.63) is 23.8 Å². The van der Waals surface area contributed by atoms with Crippen LogP contribution in [0.4, 0.5) is 0 Å². The van der Waals surface area contributed by atoms with Gasteiger partial charge in [-0.05, 0) is 0 Å². The van der Waals surface area contributed by atoms with E-state index in [0.29, 0.717) is 0 Å². The lowest BCUT2D eigenvalue weighted by Gasteiger charge is -1.99. The van der Waals surface area contributed by atoms with Crippen LogP contribution >= 0.6 is 0 Å². The topological polar surface area (TPSA) is 213 Å². The summed E-state index contributed by atoms with van der Waals surface area (Å²) in [5.41, 5.74) is 14.6. The zero-order valence-corrected chi connectivity index (χ0v) is 10.6. The van der Waals surface area contributed by atoms with Gasteiger partial charge in [-0.2, -0.15) is 0 Å². The Morgan fingerprint density at radius 1 is 1.00 bits per heavy atom. The molecule has 1 heterocycles. The molecule has 114 valence electrons. The van der Waals surface area contributed by atoms with Crippen LogP contribution in [-0.4, -0.2) is 50.0 Å². The molecule has 0 radical (unpaired) electrons. The summed E-state index contributed by atoms with van der Waals surface area (Å²) in [6, 6.07) is -1.29. The highest BCUT2D eigenvalue weighted by Crippen LogP contribution is 1.92. The largest absolute Gasteiger partial charge is 0.481 e. The number of hydrogen-bond acceptors (Lipinski definition) is 7. The molecule has 0 aliphatic rings. The van der Waals surface area contributed by atoms with Gasteiger partial charge in [-0.1, -0.05) is 0 Å². The highest BCUT2D eigenvalue weighted by molar-refractivity contribution is 5.92. The van der Waals surface area contributed by atoms with Crippen molar-refractivity contribution in [3.8, 4) is 0 Å². The van der Waals surface area contributed by atoms with Gasteiger partial charge in [-0.25, -0.2) is 9.97 Å². The second-order valence-electron chi connectivity index (χ2n) is 3.56. The van der Waals surface area contributed by atoms with Crippen LogP contribution in [0.15, 0.2) is 12.4 Å². The Balaban J connectivity index is 0.000000400. The second kappa shape index (κ2) is 8.16. The summed E-state index contributed by atoms with van der Waals surface area (Å²) in [6.45, 7) is 0. The zero-order valence-electron chi connectivity index (χ0n) is 10.6. The van der Waals surface area contributed by atoms with Crippen LogP contribution < -0.4 is 17.2 Å². The monoisotopic (exact) mass is 299 g/mol. The Morgan fingerprint density at radius 3 is 1.52 bits per heavy atom. The Labute approximate surface area is 117 Å². The number of carbonyl (C=O) groups excluding carboxylic acids is 2. The Hall–Kier alpha value is -3.08. The third-order valence-corrected chi connectivity index (χ3v) is 1.87. The van der Waals surface area contributed by atoms with E-state index in [4.69, 9.17) is 27.4 Å². The lowest BCUT2D eigenvalue weighted by molar-refractivity contribution is -0.144. The van der Waals surface area contributed by atoms with Crippen molar-refractivity contribution in [3.63, 3.8) is 0 Å². The second-order valence-corrected chi connectivity index (χ2v) is 3.56. The predicted molar refractivity (Wildman–Crippen MR) is 66.9 cm³/mol. The molecule has 0 fully saturated rings. The van der Waals surface area contributed by atoms with Gasteiger partial charge in [-0.15, -0.1) is 0 Å². The van der Waals surface area contributed by atoms with E-state index in [2.05, 4.69) is 9.97 Å². The van der Waals surface area contributed by atoms with Crippen molar-refractivity contribution in [2.45, 2.75) is 12.5 Å². The molecule has 21 heavy (non-hydrogen) atoms. The number of aliphatic carboxylic acids is 2. The van der Waals surface area contributed by atoms with Crippen molar-refractivity contribution in [2.24, 2.45) is 17.2 Å². The van der Waals surface area contributed by atoms with Gasteiger partial charge in [-0.3, -0.25) is 19.2 Å². The molecule has 8 N–H and O–H groups in total. The average molecular weight is 299 g/mol. The number of carbonyl (C=O) groups is 4. The van der Waals surface area contributed by atoms with Crippen LogP contribution in [0.2, 0.25) is 0 Å². The fourth-order valence-corrected chi connectivity index (χ4v) is 0.858. The lowest BCUT2D eigenvalue weighted by Crippen LogP contribution is -2.32. The maximum atomic E-state index is 10.5. The van der Waals surface area contributed by atoms with E-state index in [1.807, 2.05) is 0 Å². The van der Waals surface area contributed by atoms with E-state index >= 15 is 0 Å². The number of aromatic nitrogens is 2. The molecule has 0 unspecified atom stereocenters. The van der Waals surface area contributed by atoms with E-state index in [9.17, 15) is 19.2 Å². The van der Waals surface area contributed by atoms with Crippen molar-refractivity contribution >= 4 is 23.8 Å². The van der Waals surface area contributed by atoms with E-state index in [1.165, 1.54) is 0 Å². The molecule has 0 bridgehead atoms. The van der Waals surface area contributed by atoms with Gasteiger partial charge in [0, 0.05) is 0 Å². The summed E-state index contributed by atoms with van der Waals surface area (Å²) in [6.07, 6.45) is 1.67. The molecule has 0 spiro atoms. The molecule has 2 amide bonds. The molecule has 11 nitrogen and oxygen atoms in total. The minimum Gasteiger partial charge on any atom is -0.481 e. The lowest BCUT2D eigenvalue weighted by atomic mass is 10.2. The summed E-state index contributed by atoms with van der Waals surface area (Å²) in [4.78, 5) is 47.7. The van der Waals surface area contributed by atoms with Gasteiger partial charge in [0.05, 0.1) is 18.8 Å². The van der Waals surface area contributed by atoms with Crippen LogP contribution in [0, 0.1) is 0 Å². The van der Waals surface area contributed by atoms with Gasteiger partial charge >= 0.3 is 11.9 Å². The van der Waals surface area contributed by atoms with E-state index < -0.39 is 36.2 Å². The molecule has 1 atom stereocenters. The molecule has 0 aromatic carbocycles. The number of primary amides is 2. The first-order chi connectivity index (χ1) is 9.65. The molecular formula is C10H13N5O6. The first-order valence-corrected chi connectivity index (χ1v) is 5.27. The fourth-order valence-electron chi connectivity index (χ4n) is 0.858. The minimum absolute atomic E-state index is 0.000000000000000222. The van der Waals surface area contributed by atoms with Gasteiger partial charge in [0.1, 0.15) is 17.4 Å². The third-order valence-electron chi connectivity index (χ3n) is 1.87. The standard InChI is InChI=1S/C6H6N4O2.C4H7NO4/c7-5(11)3-1-9-4(2-10-3)6(8)12;5-2(4(8)9)1-3(6)7/h1-2H,(H2,7,11)(H2,8,12);2H,1,5H2,(H,6,7)(H,8,9)/t;2-/m.1/s1. The van der Waals surface area contributed by atoms with Gasteiger partial charge < -0.3 is 27.4 Å². The van der Waals surface area contributed by atoms with Crippen LogP contribution in [0.3, 0.4) is 0 Å². The smallest absolute Gasteiger partial charge is 0.321 e. The van der Waals surface area contributed by atoms with Crippen LogP contribution in [-0.2, 0) is 9.59 Å². The molecule has 11 heteroatoms. The minimum atomic E-state index is -1.29. The maximum absolute atomic E-state index is 10.5. The molecule has 0 saturated carbocycles. The van der Waals surface area contributed by atoms with Crippen LogP contribution in [0.25, 0.3) is 0 Å². The Bertz CT molecular complexity index is 510. The highest BCUT2D eigenvalue weighted by Gasteiger charge is 2.14. The van der Waals surface area contributed by atoms with E-state index in [0.717, 1.165) is 12.4 Å². The molecule has 0 aliphatic carbocycles. The SMILES string of the molecule is NC(=O)c1cnc(C(N)=O)cn1.N[C@H](CC(=O)O)C(=O)O. The van der Waals surface area contributed by atoms with E-state index in [1.54, 1.807) is 0 Å². The first-order valence-electron chi connectivity index (χ1n) is 5.27. The summed E-state index contributed by atoms with van der Waals surface area (Å²) < 4.78 is 0. The van der Waals surface area contributed by atoms with Crippen LogP contribution in [0.1, 0.15) is 27.4 Å². The summed E-state index contributed by atoms with van der Waals surface area (Å²) in [5.74, 6) is -3.89. The quantitative estimate of drug-likeness (QED) is 0.389. The summed E-state index contributed by atoms with van der Waals surface area (Å²) >= 11 is 0. The number of hydrogen-bond donors (Lipinski definition) is 5. The van der Waals surface area contributed by atoms with Gasteiger partial charge in [0.15, 0.2) is 0 Å². The Morgan fingerprint density at radius 2 is 1.38 bits per heavy atom. The Kier molecular flexibility index (Phi) is 6.97. The maximum Gasteiger partial charge on any atom is 0.321 e. The van der Waals surface area contributed by atoms with Crippen molar-refractivity contribution in [2.75, 3.05) is 0 Å². The number of carboxylic acids is 2. The van der Waals surface area contributed by atoms with Crippen molar-refractivity contribution in [1.29, 1.82) is 0 Å². The molecule has 0 saturated heterocycles. The molecule has 1 rings (SSSR count). The first kappa shape index (κ1) is 17.9. The van der Waals surface area contributed by atoms with Crippen LogP contribution in [0.5, 0.6) is 0 Å². The number of carboxylic acid groups (broad SMARTS) is 2.